The van der Waals surface area contributed by atoms with Gasteiger partial charge in [0.2, 0.25) is 0 Å². The highest BCUT2D eigenvalue weighted by Gasteiger charge is 2.29. The number of hydrogen-bond donors (Lipinski definition) is 1. The lowest BCUT2D eigenvalue weighted by atomic mass is 10.1. The predicted octanol–water partition coefficient (Wildman–Crippen LogP) is 4.35. The molecule has 0 unspecified atom stereocenters. The first-order valence-corrected chi connectivity index (χ1v) is 8.67. The lowest BCUT2D eigenvalue weighted by molar-refractivity contribution is -0.134. The van der Waals surface area contributed by atoms with Gasteiger partial charge in [-0.25, -0.2) is 0 Å². The van der Waals surface area contributed by atoms with E-state index in [1.165, 1.54) is 0 Å². The van der Waals surface area contributed by atoms with Crippen molar-refractivity contribution in [1.82, 2.24) is 5.32 Å². The van der Waals surface area contributed by atoms with Crippen LogP contribution in [0, 0.1) is 0 Å². The number of rotatable bonds is 8. The fourth-order valence-electron chi connectivity index (χ4n) is 2.21. The summed E-state index contributed by atoms with van der Waals surface area (Å²) in [4.78, 5) is 12.4. The molecule has 134 valence electrons. The van der Waals surface area contributed by atoms with E-state index in [1.807, 2.05) is 31.2 Å². The summed E-state index contributed by atoms with van der Waals surface area (Å²) in [6.45, 7) is 7.19. The summed E-state index contributed by atoms with van der Waals surface area (Å²) < 4.78 is 11.2. The first-order chi connectivity index (χ1) is 11.9. The summed E-state index contributed by atoms with van der Waals surface area (Å²) in [6, 6.07) is 14.9. The van der Waals surface area contributed by atoms with Gasteiger partial charge in [-0.05, 0) is 56.2 Å². The van der Waals surface area contributed by atoms with Crippen LogP contribution in [0.1, 0.15) is 31.9 Å². The second kappa shape index (κ2) is 8.88. The van der Waals surface area contributed by atoms with Gasteiger partial charge in [0.15, 0.2) is 5.60 Å². The van der Waals surface area contributed by atoms with Crippen molar-refractivity contribution in [3.63, 3.8) is 0 Å². The van der Waals surface area contributed by atoms with E-state index in [0.29, 0.717) is 30.5 Å². The maximum absolute atomic E-state index is 12.4. The SMILES string of the molecule is CCOCc1ccc(CNC(=O)C(C)(C)Oc2ccc(Cl)cc2)cc1. The fourth-order valence-corrected chi connectivity index (χ4v) is 2.34. The number of halogens is 1. The standard InChI is InChI=1S/C20H24ClNO3/c1-4-24-14-16-7-5-15(6-8-16)13-22-19(23)20(2,3)25-18-11-9-17(21)10-12-18/h5-12H,4,13-14H2,1-3H3,(H,22,23). The van der Waals surface area contributed by atoms with Gasteiger partial charge in [-0.1, -0.05) is 35.9 Å². The first kappa shape index (κ1) is 19.3. The van der Waals surface area contributed by atoms with Crippen LogP contribution >= 0.6 is 11.6 Å². The molecule has 25 heavy (non-hydrogen) atoms. The second-order valence-corrected chi connectivity index (χ2v) is 6.64. The maximum atomic E-state index is 12.4. The molecule has 1 N–H and O–H groups in total. The van der Waals surface area contributed by atoms with E-state index in [0.717, 1.165) is 11.1 Å². The molecule has 0 spiro atoms. The van der Waals surface area contributed by atoms with Gasteiger partial charge in [0.05, 0.1) is 6.61 Å². The van der Waals surface area contributed by atoms with Crippen LogP contribution in [0.4, 0.5) is 0 Å². The summed E-state index contributed by atoms with van der Waals surface area (Å²) in [5.74, 6) is 0.422. The molecule has 5 heteroatoms. The number of carbonyl (C=O) groups is 1. The molecule has 0 saturated heterocycles. The Hall–Kier alpha value is -2.04. The molecule has 0 aliphatic carbocycles. The summed E-state index contributed by atoms with van der Waals surface area (Å²) in [5.41, 5.74) is 1.15. The molecule has 4 nitrogen and oxygen atoms in total. The minimum atomic E-state index is -0.983. The molecule has 2 rings (SSSR count). The van der Waals surface area contributed by atoms with Gasteiger partial charge in [0.1, 0.15) is 5.75 Å². The lowest BCUT2D eigenvalue weighted by Gasteiger charge is -2.25. The van der Waals surface area contributed by atoms with Crippen molar-refractivity contribution >= 4 is 17.5 Å². The van der Waals surface area contributed by atoms with Gasteiger partial charge >= 0.3 is 0 Å². The third-order valence-corrected chi connectivity index (χ3v) is 3.93. The summed E-state index contributed by atoms with van der Waals surface area (Å²) >= 11 is 5.86. The number of carbonyl (C=O) groups excluding carboxylic acids is 1. The minimum Gasteiger partial charge on any atom is -0.478 e. The van der Waals surface area contributed by atoms with Gasteiger partial charge in [-0.3, -0.25) is 4.79 Å². The molecule has 0 fully saturated rings. The smallest absolute Gasteiger partial charge is 0.263 e. The molecule has 0 atom stereocenters. The van der Waals surface area contributed by atoms with Crippen LogP contribution in [-0.2, 0) is 22.7 Å². The topological polar surface area (TPSA) is 47.6 Å². The van der Waals surface area contributed by atoms with E-state index < -0.39 is 5.60 Å². The third kappa shape index (κ3) is 6.07. The third-order valence-electron chi connectivity index (χ3n) is 3.68. The number of ether oxygens (including phenoxy) is 2. The number of amides is 1. The van der Waals surface area contributed by atoms with Crippen molar-refractivity contribution in [2.24, 2.45) is 0 Å². The minimum absolute atomic E-state index is 0.180. The first-order valence-electron chi connectivity index (χ1n) is 8.29. The van der Waals surface area contributed by atoms with E-state index in [-0.39, 0.29) is 5.91 Å². The molecule has 0 aliphatic heterocycles. The molecule has 2 aromatic carbocycles. The lowest BCUT2D eigenvalue weighted by Crippen LogP contribution is -2.46. The molecule has 0 bridgehead atoms. The molecule has 1 amide bonds. The van der Waals surface area contributed by atoms with Crippen molar-refractivity contribution in [3.8, 4) is 5.75 Å². The molecule has 0 aliphatic rings. The van der Waals surface area contributed by atoms with Crippen molar-refractivity contribution < 1.29 is 14.3 Å². The Labute approximate surface area is 154 Å². The van der Waals surface area contributed by atoms with E-state index in [2.05, 4.69) is 5.32 Å². The van der Waals surface area contributed by atoms with E-state index in [1.54, 1.807) is 38.1 Å². The highest BCUT2D eigenvalue weighted by molar-refractivity contribution is 6.30. The van der Waals surface area contributed by atoms with Crippen molar-refractivity contribution in [2.45, 2.75) is 39.5 Å². The van der Waals surface area contributed by atoms with Gasteiger partial charge in [0, 0.05) is 18.2 Å². The monoisotopic (exact) mass is 361 g/mol. The Kier molecular flexibility index (Phi) is 6.85. The second-order valence-electron chi connectivity index (χ2n) is 6.20. The molecule has 2 aromatic rings. The fraction of sp³-hybridized carbons (Fsp3) is 0.350. The quantitative estimate of drug-likeness (QED) is 0.760. The van der Waals surface area contributed by atoms with E-state index in [4.69, 9.17) is 21.1 Å². The average Bonchev–Trinajstić information content (AvgIpc) is 2.60. The Balaban J connectivity index is 1.88. The van der Waals surface area contributed by atoms with Gasteiger partial charge < -0.3 is 14.8 Å². The maximum Gasteiger partial charge on any atom is 0.263 e. The molecule has 0 radical (unpaired) electrons. The van der Waals surface area contributed by atoms with Crippen LogP contribution < -0.4 is 10.1 Å². The normalized spacial score (nSPS) is 11.2. The highest BCUT2D eigenvalue weighted by atomic mass is 35.5. The number of nitrogens with one attached hydrogen (secondary N) is 1. The average molecular weight is 362 g/mol. The van der Waals surface area contributed by atoms with Crippen LogP contribution in [0.2, 0.25) is 5.02 Å². The Morgan fingerprint density at radius 2 is 1.64 bits per heavy atom. The van der Waals surface area contributed by atoms with Crippen LogP contribution in [-0.4, -0.2) is 18.1 Å². The Bertz CT molecular complexity index is 681. The van der Waals surface area contributed by atoms with Crippen LogP contribution in [0.5, 0.6) is 5.75 Å². The van der Waals surface area contributed by atoms with E-state index >= 15 is 0 Å². The van der Waals surface area contributed by atoms with E-state index in [9.17, 15) is 4.79 Å². The van der Waals surface area contributed by atoms with Crippen molar-refractivity contribution in [1.29, 1.82) is 0 Å². The van der Waals surface area contributed by atoms with Gasteiger partial charge in [0.25, 0.3) is 5.91 Å². The van der Waals surface area contributed by atoms with Crippen LogP contribution in [0.15, 0.2) is 48.5 Å². The molecule has 0 heterocycles. The van der Waals surface area contributed by atoms with Gasteiger partial charge in [-0.15, -0.1) is 0 Å². The predicted molar refractivity (Wildman–Crippen MR) is 99.8 cm³/mol. The summed E-state index contributed by atoms with van der Waals surface area (Å²) in [7, 11) is 0. The zero-order valence-electron chi connectivity index (χ0n) is 14.8. The van der Waals surface area contributed by atoms with Gasteiger partial charge in [-0.2, -0.15) is 0 Å². The zero-order chi connectivity index (χ0) is 18.3. The zero-order valence-corrected chi connectivity index (χ0v) is 15.6. The van der Waals surface area contributed by atoms with Crippen LogP contribution in [0.3, 0.4) is 0 Å². The van der Waals surface area contributed by atoms with Crippen LogP contribution in [0.25, 0.3) is 0 Å². The number of hydrogen-bond acceptors (Lipinski definition) is 3. The molecule has 0 saturated carbocycles. The Morgan fingerprint density at radius 1 is 1.04 bits per heavy atom. The molecular formula is C20H24ClNO3. The summed E-state index contributed by atoms with van der Waals surface area (Å²) in [5, 5.41) is 3.54. The molecular weight excluding hydrogens is 338 g/mol. The number of benzene rings is 2. The highest BCUT2D eigenvalue weighted by Crippen LogP contribution is 2.21. The van der Waals surface area contributed by atoms with Crippen molar-refractivity contribution in [2.75, 3.05) is 6.61 Å². The Morgan fingerprint density at radius 3 is 2.24 bits per heavy atom. The summed E-state index contributed by atoms with van der Waals surface area (Å²) in [6.07, 6.45) is 0. The molecule has 0 aromatic heterocycles. The largest absolute Gasteiger partial charge is 0.478 e. The van der Waals surface area contributed by atoms with Crippen molar-refractivity contribution in [3.05, 3.63) is 64.7 Å².